The fourth-order valence-corrected chi connectivity index (χ4v) is 8.03. The number of fused-ring (bicyclic) bond motifs is 2. The maximum atomic E-state index is 14.7. The lowest BCUT2D eigenvalue weighted by Crippen LogP contribution is -2.22. The molecule has 0 aliphatic carbocycles. The van der Waals surface area contributed by atoms with E-state index in [0.29, 0.717) is 37.3 Å². The van der Waals surface area contributed by atoms with Gasteiger partial charge in [-0.05, 0) is 49.2 Å². The first-order valence-corrected chi connectivity index (χ1v) is 19.3. The van der Waals surface area contributed by atoms with Crippen LogP contribution >= 0.6 is 0 Å². The van der Waals surface area contributed by atoms with Crippen LogP contribution in [0.15, 0.2) is 60.9 Å². The number of carbonyl (C=O) groups is 2. The molecule has 0 radical (unpaired) electrons. The van der Waals surface area contributed by atoms with Crippen LogP contribution in [0.5, 0.6) is 0 Å². The molecule has 328 valence electrons. The Bertz CT molecular complexity index is 2730. The van der Waals surface area contributed by atoms with Crippen molar-refractivity contribution in [3.63, 3.8) is 0 Å². The van der Waals surface area contributed by atoms with Crippen molar-refractivity contribution in [2.24, 2.45) is 0 Å². The number of aliphatic hydroxyl groups is 2. The van der Waals surface area contributed by atoms with Gasteiger partial charge in [-0.3, -0.25) is 9.59 Å². The smallest absolute Gasteiger partial charge is 0.255 e. The molecule has 2 fully saturated rings. The standard InChI is InChI=1S/2C21H16F2N6O2.2CH4/c2*22-13-3-1-2-11(7-24)18(13)15-6-17(19-16(26-15)8-25-21(19)31)29-10-14(23)20(27-29)28-5-4-12(30)9-28;;/h2*1-3,6,10,12,30H,4-5,8-9H2,(H,25,31);2*1H4/t12-;;;/m0.../s1. The molecule has 1 unspecified atom stereocenters. The maximum Gasteiger partial charge on any atom is 0.255 e. The second-order valence-electron chi connectivity index (χ2n) is 14.9. The number of nitrogens with zero attached hydrogens (tertiary/aromatic N) is 10. The molecular formula is C44H40F4N12O4. The molecule has 0 bridgehead atoms. The Morgan fingerprint density at radius 3 is 1.39 bits per heavy atom. The van der Waals surface area contributed by atoms with Gasteiger partial charge >= 0.3 is 0 Å². The first-order chi connectivity index (χ1) is 29.9. The Morgan fingerprint density at radius 1 is 0.625 bits per heavy atom. The van der Waals surface area contributed by atoms with Crippen LogP contribution in [0.2, 0.25) is 0 Å². The van der Waals surface area contributed by atoms with E-state index in [0.717, 1.165) is 12.4 Å². The van der Waals surface area contributed by atoms with Crippen molar-refractivity contribution >= 4 is 23.5 Å². The van der Waals surface area contributed by atoms with E-state index in [9.17, 15) is 47.9 Å². The lowest BCUT2D eigenvalue weighted by Gasteiger charge is -2.14. The number of carbonyl (C=O) groups excluding carboxylic acids is 2. The van der Waals surface area contributed by atoms with Crippen molar-refractivity contribution in [1.29, 1.82) is 10.5 Å². The highest BCUT2D eigenvalue weighted by atomic mass is 19.1. The predicted octanol–water partition coefficient (Wildman–Crippen LogP) is 5.07. The summed E-state index contributed by atoms with van der Waals surface area (Å²) in [6.45, 7) is 1.68. The highest BCUT2D eigenvalue weighted by Gasteiger charge is 2.33. The van der Waals surface area contributed by atoms with Crippen molar-refractivity contribution in [1.82, 2.24) is 40.2 Å². The summed E-state index contributed by atoms with van der Waals surface area (Å²) < 4.78 is 61.1. The molecule has 4 N–H and O–H groups in total. The van der Waals surface area contributed by atoms with Crippen molar-refractivity contribution < 1.29 is 37.4 Å². The van der Waals surface area contributed by atoms with Gasteiger partial charge in [0.25, 0.3) is 11.8 Å². The van der Waals surface area contributed by atoms with Gasteiger partial charge in [0.15, 0.2) is 23.3 Å². The fourth-order valence-electron chi connectivity index (χ4n) is 8.03. The third-order valence-corrected chi connectivity index (χ3v) is 10.9. The highest BCUT2D eigenvalue weighted by Crippen LogP contribution is 2.35. The lowest BCUT2D eigenvalue weighted by atomic mass is 10.0. The fraction of sp³-hybridized carbons (Fsp3) is 0.273. The van der Waals surface area contributed by atoms with E-state index in [1.807, 2.05) is 12.1 Å². The molecule has 8 heterocycles. The van der Waals surface area contributed by atoms with Gasteiger partial charge < -0.3 is 30.6 Å². The summed E-state index contributed by atoms with van der Waals surface area (Å²) in [5, 5.41) is 52.2. The SMILES string of the molecule is C.C.N#Cc1cccc(F)c1-c1cc(-n2cc(F)c(N3CCC(O)C3)n2)c2c(n1)CNC2=O.N#Cc1cccc(F)c1-c1cc(-n2cc(F)c(N3CC[C@H](O)C3)n2)c2c(n1)CNC2=O. The topological polar surface area (TPSA) is 214 Å². The average Bonchev–Trinajstić information content (AvgIpc) is 4.14. The predicted molar refractivity (Wildman–Crippen MR) is 224 cm³/mol. The number of nitrogens with one attached hydrogen (secondary N) is 2. The van der Waals surface area contributed by atoms with E-state index in [4.69, 9.17) is 0 Å². The Hall–Kier alpha value is -7.68. The number of halogens is 4. The number of benzene rings is 2. The van der Waals surface area contributed by atoms with Crippen LogP contribution in [-0.4, -0.2) is 89.9 Å². The van der Waals surface area contributed by atoms with Crippen LogP contribution < -0.4 is 20.4 Å². The van der Waals surface area contributed by atoms with Crippen LogP contribution in [0, 0.1) is 45.9 Å². The van der Waals surface area contributed by atoms with Crippen molar-refractivity contribution in [2.45, 2.75) is 53.0 Å². The molecule has 6 aromatic rings. The summed E-state index contributed by atoms with van der Waals surface area (Å²) in [7, 11) is 0. The molecule has 2 aromatic carbocycles. The quantitative estimate of drug-likeness (QED) is 0.162. The summed E-state index contributed by atoms with van der Waals surface area (Å²) >= 11 is 0. The number of hydrogen-bond donors (Lipinski definition) is 4. The van der Waals surface area contributed by atoms with Gasteiger partial charge in [-0.15, -0.1) is 10.2 Å². The minimum Gasteiger partial charge on any atom is -0.391 e. The number of pyridine rings is 2. The Labute approximate surface area is 363 Å². The molecule has 20 heteroatoms. The van der Waals surface area contributed by atoms with E-state index in [2.05, 4.69) is 30.8 Å². The molecule has 0 saturated carbocycles. The third kappa shape index (κ3) is 7.84. The Balaban J connectivity index is 0.000000186. The molecular weight excluding hydrogens is 837 g/mol. The van der Waals surface area contributed by atoms with Crippen LogP contribution in [0.1, 0.15) is 70.9 Å². The summed E-state index contributed by atoms with van der Waals surface area (Å²) in [5.74, 6) is -3.15. The van der Waals surface area contributed by atoms with Gasteiger partial charge in [0.1, 0.15) is 11.6 Å². The third-order valence-electron chi connectivity index (χ3n) is 10.9. The number of amides is 2. The lowest BCUT2D eigenvalue weighted by molar-refractivity contribution is 0.0957. The second kappa shape index (κ2) is 17.6. The number of rotatable bonds is 6. The first kappa shape index (κ1) is 44.4. The van der Waals surface area contributed by atoms with E-state index >= 15 is 0 Å². The summed E-state index contributed by atoms with van der Waals surface area (Å²) in [6, 6.07) is 15.0. The van der Waals surface area contributed by atoms with E-state index < -0.39 is 47.3 Å². The monoisotopic (exact) mass is 876 g/mol. The van der Waals surface area contributed by atoms with Gasteiger partial charge in [-0.25, -0.2) is 36.9 Å². The molecule has 4 aromatic heterocycles. The minimum atomic E-state index is -0.631. The molecule has 0 spiro atoms. The van der Waals surface area contributed by atoms with Gasteiger partial charge in [0, 0.05) is 26.2 Å². The van der Waals surface area contributed by atoms with Gasteiger partial charge in [0.05, 0.1) is 117 Å². The Kier molecular flexibility index (Phi) is 12.2. The Morgan fingerprint density at radius 2 is 1.03 bits per heavy atom. The number of aliphatic hydroxyl groups excluding tert-OH is 2. The number of hydrogen-bond acceptors (Lipinski definition) is 12. The second-order valence-corrected chi connectivity index (χ2v) is 14.9. The molecule has 2 saturated heterocycles. The van der Waals surface area contributed by atoms with Crippen LogP contribution in [0.3, 0.4) is 0 Å². The normalized spacial score (nSPS) is 17.0. The van der Waals surface area contributed by atoms with Crippen molar-refractivity contribution in [3.05, 3.63) is 118 Å². The summed E-state index contributed by atoms with van der Waals surface area (Å²) in [5.41, 5.74) is 2.10. The number of aromatic nitrogens is 6. The molecule has 4 aliphatic rings. The maximum absolute atomic E-state index is 14.7. The molecule has 10 rings (SSSR count). The zero-order valence-corrected chi connectivity index (χ0v) is 32.3. The van der Waals surface area contributed by atoms with Crippen molar-refractivity contribution in [2.75, 3.05) is 36.0 Å². The minimum absolute atomic E-state index is 0. The zero-order chi connectivity index (χ0) is 43.4. The zero-order valence-electron chi connectivity index (χ0n) is 32.3. The number of β-amino-alcohol motifs (C(OH)–C–C–N with tert-alkyl or cyclic N) is 2. The van der Waals surface area contributed by atoms with E-state index in [1.54, 1.807) is 9.80 Å². The molecule has 16 nitrogen and oxygen atoms in total. The largest absolute Gasteiger partial charge is 0.391 e. The first-order valence-electron chi connectivity index (χ1n) is 19.3. The van der Waals surface area contributed by atoms with E-state index in [1.165, 1.54) is 57.9 Å². The molecule has 2 atom stereocenters. The molecule has 4 aliphatic heterocycles. The van der Waals surface area contributed by atoms with Gasteiger partial charge in [-0.1, -0.05) is 27.0 Å². The van der Waals surface area contributed by atoms with Crippen LogP contribution in [0.4, 0.5) is 29.2 Å². The summed E-state index contributed by atoms with van der Waals surface area (Å²) in [4.78, 5) is 36.9. The van der Waals surface area contributed by atoms with Crippen LogP contribution in [-0.2, 0) is 13.1 Å². The number of nitriles is 2. The van der Waals surface area contributed by atoms with Crippen LogP contribution in [0.25, 0.3) is 33.9 Å². The summed E-state index contributed by atoms with van der Waals surface area (Å²) in [6.07, 6.45) is 2.17. The molecule has 64 heavy (non-hydrogen) atoms. The van der Waals surface area contributed by atoms with E-state index in [-0.39, 0.29) is 109 Å². The molecule has 2 amide bonds. The van der Waals surface area contributed by atoms with Gasteiger partial charge in [0.2, 0.25) is 0 Å². The number of anilines is 2. The highest BCUT2D eigenvalue weighted by molar-refractivity contribution is 6.02. The average molecular weight is 877 g/mol. The van der Waals surface area contributed by atoms with Crippen molar-refractivity contribution in [3.8, 4) is 46.0 Å². The van der Waals surface area contributed by atoms with Gasteiger partial charge in [-0.2, -0.15) is 10.5 Å².